The Hall–Kier alpha value is -1.75. The van der Waals surface area contributed by atoms with Crippen LogP contribution in [0.5, 0.6) is 0 Å². The van der Waals surface area contributed by atoms with Crippen LogP contribution in [0.25, 0.3) is 0 Å². The lowest BCUT2D eigenvalue weighted by Crippen LogP contribution is -2.33. The van der Waals surface area contributed by atoms with Crippen LogP contribution < -0.4 is 10.2 Å². The molecule has 5 nitrogen and oxygen atoms in total. The number of carbonyl (C=O) groups is 2. The van der Waals surface area contributed by atoms with Crippen molar-refractivity contribution in [3.05, 3.63) is 29.3 Å². The lowest BCUT2D eigenvalue weighted by Gasteiger charge is -2.22. The van der Waals surface area contributed by atoms with Gasteiger partial charge in [-0.15, -0.1) is 0 Å². The fourth-order valence-electron chi connectivity index (χ4n) is 1.50. The monoisotopic (exact) mass is 270 g/mol. The summed E-state index contributed by atoms with van der Waals surface area (Å²) in [6.07, 6.45) is 0.232. The molecule has 1 amide bonds. The highest BCUT2D eigenvalue weighted by Crippen LogP contribution is 2.19. The Morgan fingerprint density at radius 3 is 2.72 bits per heavy atom. The number of nitrogens with zero attached hydrogens (tertiary/aromatic N) is 1. The zero-order valence-corrected chi connectivity index (χ0v) is 10.8. The van der Waals surface area contributed by atoms with Gasteiger partial charge in [-0.05, 0) is 18.2 Å². The summed E-state index contributed by atoms with van der Waals surface area (Å²) in [6, 6.07) is 6.89. The second-order valence-corrected chi connectivity index (χ2v) is 4.15. The van der Waals surface area contributed by atoms with Gasteiger partial charge in [0.25, 0.3) is 0 Å². The molecule has 0 aromatic heterocycles. The van der Waals surface area contributed by atoms with E-state index in [2.05, 4.69) is 5.32 Å². The number of anilines is 1. The van der Waals surface area contributed by atoms with Gasteiger partial charge in [0.2, 0.25) is 5.91 Å². The number of carboxylic acids is 1. The molecule has 0 saturated carbocycles. The van der Waals surface area contributed by atoms with Gasteiger partial charge in [-0.2, -0.15) is 0 Å². The second-order valence-electron chi connectivity index (χ2n) is 3.72. The lowest BCUT2D eigenvalue weighted by atomic mass is 10.2. The summed E-state index contributed by atoms with van der Waals surface area (Å²) in [4.78, 5) is 23.6. The number of halogens is 1. The molecule has 0 bridgehead atoms. The fraction of sp³-hybridized carbons (Fsp3) is 0.333. The van der Waals surface area contributed by atoms with Gasteiger partial charge in [0.15, 0.2) is 0 Å². The molecule has 0 aliphatic heterocycles. The topological polar surface area (TPSA) is 69.6 Å². The minimum Gasteiger partial charge on any atom is -0.480 e. The lowest BCUT2D eigenvalue weighted by molar-refractivity contribution is -0.135. The summed E-state index contributed by atoms with van der Waals surface area (Å²) in [5, 5.41) is 11.9. The van der Waals surface area contributed by atoms with Gasteiger partial charge in [-0.3, -0.25) is 9.59 Å². The average Bonchev–Trinajstić information content (AvgIpc) is 2.33. The summed E-state index contributed by atoms with van der Waals surface area (Å²) in [7, 11) is 1.54. The molecule has 2 N–H and O–H groups in total. The Labute approximate surface area is 110 Å². The molecule has 0 aliphatic rings. The number of aliphatic carboxylic acids is 1. The van der Waals surface area contributed by atoms with Crippen molar-refractivity contribution < 1.29 is 14.7 Å². The first-order valence-corrected chi connectivity index (χ1v) is 5.83. The minimum absolute atomic E-state index is 0.132. The highest BCUT2D eigenvalue weighted by atomic mass is 35.5. The van der Waals surface area contributed by atoms with Gasteiger partial charge in [0.05, 0.1) is 0 Å². The van der Waals surface area contributed by atoms with Crippen molar-refractivity contribution in [1.82, 2.24) is 5.32 Å². The van der Waals surface area contributed by atoms with Crippen molar-refractivity contribution in [3.8, 4) is 0 Å². The van der Waals surface area contributed by atoms with Crippen LogP contribution in [0.2, 0.25) is 5.02 Å². The maximum atomic E-state index is 11.2. The van der Waals surface area contributed by atoms with Crippen LogP contribution >= 0.6 is 11.6 Å². The third-order valence-corrected chi connectivity index (χ3v) is 2.62. The van der Waals surface area contributed by atoms with E-state index in [-0.39, 0.29) is 18.9 Å². The van der Waals surface area contributed by atoms with Crippen LogP contribution in [0, 0.1) is 0 Å². The number of benzene rings is 1. The Balaban J connectivity index is 2.77. The maximum Gasteiger partial charge on any atom is 0.323 e. The predicted molar refractivity (Wildman–Crippen MR) is 70.0 cm³/mol. The number of carboxylic acid groups (broad SMARTS) is 1. The number of hydrogen-bond acceptors (Lipinski definition) is 3. The zero-order valence-electron chi connectivity index (χ0n) is 10.0. The van der Waals surface area contributed by atoms with Crippen LogP contribution in [0.3, 0.4) is 0 Å². The molecular weight excluding hydrogens is 256 g/mol. The first kappa shape index (κ1) is 14.3. The van der Waals surface area contributed by atoms with Crippen LogP contribution in [-0.2, 0) is 9.59 Å². The van der Waals surface area contributed by atoms with E-state index in [1.165, 1.54) is 0 Å². The van der Waals surface area contributed by atoms with Crippen molar-refractivity contribution in [3.63, 3.8) is 0 Å². The predicted octanol–water partition coefficient (Wildman–Crippen LogP) is 1.37. The van der Waals surface area contributed by atoms with Crippen molar-refractivity contribution in [1.29, 1.82) is 0 Å². The van der Waals surface area contributed by atoms with Crippen LogP contribution in [0.4, 0.5) is 5.69 Å². The third kappa shape index (κ3) is 4.63. The Kier molecular flexibility index (Phi) is 5.45. The van der Waals surface area contributed by atoms with Gasteiger partial charge in [0.1, 0.15) is 6.54 Å². The smallest absolute Gasteiger partial charge is 0.323 e. The summed E-state index contributed by atoms with van der Waals surface area (Å²) < 4.78 is 0. The van der Waals surface area contributed by atoms with Gasteiger partial charge in [-0.1, -0.05) is 17.7 Å². The highest BCUT2D eigenvalue weighted by Gasteiger charge is 2.12. The van der Waals surface area contributed by atoms with Crippen LogP contribution in [0.15, 0.2) is 24.3 Å². The molecule has 1 aromatic carbocycles. The van der Waals surface area contributed by atoms with Crippen molar-refractivity contribution >= 4 is 29.2 Å². The molecule has 0 saturated heterocycles. The number of hydrogen-bond donors (Lipinski definition) is 2. The first-order valence-electron chi connectivity index (χ1n) is 5.46. The number of rotatable bonds is 6. The second kappa shape index (κ2) is 6.86. The average molecular weight is 271 g/mol. The molecule has 1 aromatic rings. The minimum atomic E-state index is -0.952. The molecular formula is C12H15ClN2O3. The summed E-state index contributed by atoms with van der Waals surface area (Å²) >= 11 is 5.86. The van der Waals surface area contributed by atoms with Crippen LogP contribution in [0.1, 0.15) is 6.42 Å². The summed E-state index contributed by atoms with van der Waals surface area (Å²) in [6.45, 7) is 0.156. The van der Waals surface area contributed by atoms with Gasteiger partial charge < -0.3 is 15.3 Å². The van der Waals surface area contributed by atoms with Crippen molar-refractivity contribution in [2.45, 2.75) is 6.42 Å². The zero-order chi connectivity index (χ0) is 13.5. The van der Waals surface area contributed by atoms with Crippen LogP contribution in [-0.4, -0.2) is 37.1 Å². The Morgan fingerprint density at radius 1 is 1.44 bits per heavy atom. The van der Waals surface area contributed by atoms with E-state index >= 15 is 0 Å². The van der Waals surface area contributed by atoms with Crippen molar-refractivity contribution in [2.24, 2.45) is 0 Å². The Morgan fingerprint density at radius 2 is 2.17 bits per heavy atom. The van der Waals surface area contributed by atoms with E-state index in [1.807, 2.05) is 0 Å². The SMILES string of the molecule is CNC(=O)CCN(CC(=O)O)c1cccc(Cl)c1. The van der Waals surface area contributed by atoms with Gasteiger partial charge >= 0.3 is 5.97 Å². The number of carbonyl (C=O) groups excluding carboxylic acids is 1. The molecule has 18 heavy (non-hydrogen) atoms. The van der Waals surface area contributed by atoms with E-state index < -0.39 is 5.97 Å². The molecule has 0 spiro atoms. The largest absolute Gasteiger partial charge is 0.480 e. The quantitative estimate of drug-likeness (QED) is 0.819. The normalized spacial score (nSPS) is 9.89. The van der Waals surface area contributed by atoms with E-state index in [0.717, 1.165) is 0 Å². The van der Waals surface area contributed by atoms with E-state index in [1.54, 1.807) is 36.2 Å². The standard InChI is InChI=1S/C12H15ClN2O3/c1-14-11(16)5-6-15(8-12(17)18)10-4-2-3-9(13)7-10/h2-4,7H,5-6,8H2,1H3,(H,14,16)(H,17,18). The molecule has 0 heterocycles. The maximum absolute atomic E-state index is 11.2. The molecule has 0 aliphatic carbocycles. The molecule has 0 fully saturated rings. The summed E-state index contributed by atoms with van der Waals surface area (Å²) in [5.74, 6) is -1.08. The number of amides is 1. The molecule has 0 atom stereocenters. The van der Waals surface area contributed by atoms with Crippen molar-refractivity contribution in [2.75, 3.05) is 25.0 Å². The third-order valence-electron chi connectivity index (χ3n) is 2.39. The highest BCUT2D eigenvalue weighted by molar-refractivity contribution is 6.30. The summed E-state index contributed by atoms with van der Waals surface area (Å²) in [5.41, 5.74) is 0.689. The van der Waals surface area contributed by atoms with Gasteiger partial charge in [0, 0.05) is 30.7 Å². The molecule has 1 rings (SSSR count). The number of nitrogens with one attached hydrogen (secondary N) is 1. The molecule has 0 unspecified atom stereocenters. The molecule has 98 valence electrons. The molecule has 6 heteroatoms. The first-order chi connectivity index (χ1) is 8.52. The molecule has 0 radical (unpaired) electrons. The van der Waals surface area contributed by atoms with E-state index in [0.29, 0.717) is 17.3 Å². The fourth-order valence-corrected chi connectivity index (χ4v) is 1.68. The Bertz CT molecular complexity index is 437. The van der Waals surface area contributed by atoms with E-state index in [9.17, 15) is 9.59 Å². The van der Waals surface area contributed by atoms with E-state index in [4.69, 9.17) is 16.7 Å². The van der Waals surface area contributed by atoms with Gasteiger partial charge in [-0.25, -0.2) is 0 Å².